The summed E-state index contributed by atoms with van der Waals surface area (Å²) in [5, 5.41) is 0. The second kappa shape index (κ2) is 8.57. The summed E-state index contributed by atoms with van der Waals surface area (Å²) in [6, 6.07) is 8.31. The van der Waals surface area contributed by atoms with E-state index >= 15 is 0 Å². The lowest BCUT2D eigenvalue weighted by Gasteiger charge is -2.25. The van der Waals surface area contributed by atoms with Gasteiger partial charge in [-0.1, -0.05) is 6.92 Å². The number of hydrogen-bond acceptors (Lipinski definition) is 5. The van der Waals surface area contributed by atoms with E-state index in [2.05, 4.69) is 16.9 Å². The van der Waals surface area contributed by atoms with Gasteiger partial charge in [-0.15, -0.1) is 0 Å². The van der Waals surface area contributed by atoms with E-state index < -0.39 is 21.9 Å². The lowest BCUT2D eigenvalue weighted by molar-refractivity contribution is 0.390. The first-order chi connectivity index (χ1) is 14.5. The third-order valence-corrected chi connectivity index (χ3v) is 7.20. The van der Waals surface area contributed by atoms with Crippen molar-refractivity contribution in [3.63, 3.8) is 0 Å². The maximum absolute atomic E-state index is 13.3. The number of benzene rings is 1. The van der Waals surface area contributed by atoms with E-state index in [0.29, 0.717) is 24.5 Å². The fraction of sp³-hybridized carbons (Fsp3) is 0.318. The summed E-state index contributed by atoms with van der Waals surface area (Å²) >= 11 is 0. The van der Waals surface area contributed by atoms with Gasteiger partial charge in [0.15, 0.2) is 0 Å². The van der Waals surface area contributed by atoms with E-state index in [-0.39, 0.29) is 4.90 Å². The van der Waals surface area contributed by atoms with Crippen LogP contribution in [0.4, 0.5) is 4.39 Å². The normalized spacial score (nSPS) is 17.3. The number of hydrogen-bond donors (Lipinski definition) is 0. The highest BCUT2D eigenvalue weighted by molar-refractivity contribution is 7.89. The molecule has 1 fully saturated rings. The molecular weight excluding hydrogens is 403 g/mol. The lowest BCUT2D eigenvalue weighted by Crippen LogP contribution is -2.31. The Morgan fingerprint density at radius 2 is 1.87 bits per heavy atom. The summed E-state index contributed by atoms with van der Waals surface area (Å²) in [7, 11) is -3.78. The smallest absolute Gasteiger partial charge is 0.243 e. The average Bonchev–Trinajstić information content (AvgIpc) is 3.26. The van der Waals surface area contributed by atoms with Crippen LogP contribution >= 0.6 is 0 Å². The van der Waals surface area contributed by atoms with Crippen LogP contribution in [0.1, 0.15) is 43.7 Å². The van der Waals surface area contributed by atoms with Gasteiger partial charge in [0, 0.05) is 37.1 Å². The van der Waals surface area contributed by atoms with Crippen molar-refractivity contribution < 1.29 is 12.8 Å². The monoisotopic (exact) mass is 426 g/mol. The van der Waals surface area contributed by atoms with Crippen molar-refractivity contribution in [2.24, 2.45) is 0 Å². The molecule has 6 nitrogen and oxygen atoms in total. The molecule has 0 spiro atoms. The van der Waals surface area contributed by atoms with Crippen molar-refractivity contribution in [3.05, 3.63) is 72.3 Å². The largest absolute Gasteiger partial charge is 0.265 e. The molecule has 30 heavy (non-hydrogen) atoms. The van der Waals surface area contributed by atoms with Crippen molar-refractivity contribution in [2.75, 3.05) is 6.54 Å². The van der Waals surface area contributed by atoms with Crippen LogP contribution in [0, 0.1) is 5.82 Å². The highest BCUT2D eigenvalue weighted by Gasteiger charge is 2.38. The number of rotatable bonds is 6. The van der Waals surface area contributed by atoms with Gasteiger partial charge in [-0.3, -0.25) is 4.98 Å². The quantitative estimate of drug-likeness (QED) is 0.592. The third kappa shape index (κ3) is 3.97. The Morgan fingerprint density at radius 1 is 1.13 bits per heavy atom. The Kier molecular flexibility index (Phi) is 5.87. The van der Waals surface area contributed by atoms with Crippen LogP contribution in [0.2, 0.25) is 0 Å². The first-order valence-electron chi connectivity index (χ1n) is 10.0. The maximum Gasteiger partial charge on any atom is 0.243 e. The summed E-state index contributed by atoms with van der Waals surface area (Å²) in [5.41, 5.74) is 2.42. The number of sulfonamides is 1. The molecule has 1 aliphatic rings. The van der Waals surface area contributed by atoms with Crippen molar-refractivity contribution in [3.8, 4) is 11.1 Å². The van der Waals surface area contributed by atoms with Crippen LogP contribution < -0.4 is 0 Å². The highest BCUT2D eigenvalue weighted by Crippen LogP contribution is 2.39. The predicted octanol–water partition coefficient (Wildman–Crippen LogP) is 4.16. The van der Waals surface area contributed by atoms with Gasteiger partial charge < -0.3 is 0 Å². The van der Waals surface area contributed by atoms with E-state index in [1.165, 1.54) is 28.6 Å². The van der Waals surface area contributed by atoms with E-state index in [4.69, 9.17) is 4.98 Å². The minimum absolute atomic E-state index is 0.0871. The standard InChI is InChI=1S/C22H23FN4O2S/c1-2-4-21-25-15-19(16-10-12-24-13-11-16)22(26-21)20-5-3-14-27(20)30(28,29)18-8-6-17(23)7-9-18/h6-13,15,20H,2-5,14H2,1H3/t20-/m1/s1. The van der Waals surface area contributed by atoms with Crippen LogP contribution in [0.25, 0.3) is 11.1 Å². The zero-order chi connectivity index (χ0) is 21.1. The van der Waals surface area contributed by atoms with E-state index in [1.807, 2.05) is 12.1 Å². The Bertz CT molecular complexity index is 1120. The Hall–Kier alpha value is -2.71. The van der Waals surface area contributed by atoms with Crippen LogP contribution in [-0.2, 0) is 16.4 Å². The van der Waals surface area contributed by atoms with Gasteiger partial charge in [0.1, 0.15) is 11.6 Å². The van der Waals surface area contributed by atoms with Gasteiger partial charge in [0.2, 0.25) is 10.0 Å². The maximum atomic E-state index is 13.3. The second-order valence-electron chi connectivity index (χ2n) is 7.30. The van der Waals surface area contributed by atoms with Gasteiger partial charge in [-0.25, -0.2) is 22.8 Å². The minimum Gasteiger partial charge on any atom is -0.265 e. The molecule has 0 bridgehead atoms. The fourth-order valence-electron chi connectivity index (χ4n) is 3.83. The molecule has 0 unspecified atom stereocenters. The number of aryl methyl sites for hydroxylation is 1. The van der Waals surface area contributed by atoms with Gasteiger partial charge in [-0.05, 0) is 61.2 Å². The molecule has 2 aromatic heterocycles. The molecule has 4 rings (SSSR count). The van der Waals surface area contributed by atoms with Gasteiger partial charge in [0.25, 0.3) is 0 Å². The fourth-order valence-corrected chi connectivity index (χ4v) is 5.49. The molecule has 8 heteroatoms. The summed E-state index contributed by atoms with van der Waals surface area (Å²) in [4.78, 5) is 13.4. The molecule has 0 aliphatic carbocycles. The zero-order valence-corrected chi connectivity index (χ0v) is 17.5. The van der Waals surface area contributed by atoms with E-state index in [9.17, 15) is 12.8 Å². The van der Waals surface area contributed by atoms with Crippen LogP contribution in [0.5, 0.6) is 0 Å². The Labute approximate surface area is 175 Å². The topological polar surface area (TPSA) is 76.1 Å². The molecular formula is C22H23FN4O2S. The molecule has 1 aliphatic heterocycles. The van der Waals surface area contributed by atoms with Crippen LogP contribution in [0.3, 0.4) is 0 Å². The Balaban J connectivity index is 1.80. The van der Waals surface area contributed by atoms with Crippen LogP contribution in [-0.4, -0.2) is 34.2 Å². The van der Waals surface area contributed by atoms with E-state index in [0.717, 1.165) is 30.4 Å². The second-order valence-corrected chi connectivity index (χ2v) is 9.19. The van der Waals surface area contributed by atoms with Gasteiger partial charge in [0.05, 0.1) is 16.6 Å². The highest BCUT2D eigenvalue weighted by atomic mass is 32.2. The molecule has 3 heterocycles. The average molecular weight is 427 g/mol. The predicted molar refractivity (Wildman–Crippen MR) is 112 cm³/mol. The molecule has 0 saturated carbocycles. The number of aromatic nitrogens is 3. The molecule has 1 aromatic carbocycles. The number of nitrogens with zero attached hydrogens (tertiary/aromatic N) is 4. The first-order valence-corrected chi connectivity index (χ1v) is 11.5. The number of pyridine rings is 1. The molecule has 3 aromatic rings. The van der Waals surface area contributed by atoms with Gasteiger partial charge >= 0.3 is 0 Å². The lowest BCUT2D eigenvalue weighted by atomic mass is 10.0. The molecule has 1 saturated heterocycles. The van der Waals surface area contributed by atoms with E-state index in [1.54, 1.807) is 18.6 Å². The molecule has 0 amide bonds. The molecule has 156 valence electrons. The summed E-state index contributed by atoms with van der Waals surface area (Å²) in [6.45, 7) is 2.45. The molecule has 1 atom stereocenters. The number of halogens is 1. The van der Waals surface area contributed by atoms with Gasteiger partial charge in [-0.2, -0.15) is 4.31 Å². The minimum atomic E-state index is -3.78. The zero-order valence-electron chi connectivity index (χ0n) is 16.7. The van der Waals surface area contributed by atoms with Crippen molar-refractivity contribution in [2.45, 2.75) is 43.5 Å². The van der Waals surface area contributed by atoms with Crippen molar-refractivity contribution in [1.29, 1.82) is 0 Å². The van der Waals surface area contributed by atoms with Crippen molar-refractivity contribution in [1.82, 2.24) is 19.3 Å². The molecule has 0 N–H and O–H groups in total. The summed E-state index contributed by atoms with van der Waals surface area (Å²) < 4.78 is 41.5. The van der Waals surface area contributed by atoms with Crippen molar-refractivity contribution >= 4 is 10.0 Å². The third-order valence-electron chi connectivity index (χ3n) is 5.27. The summed E-state index contributed by atoms with van der Waals surface area (Å²) in [6.07, 6.45) is 8.19. The van der Waals surface area contributed by atoms with Crippen LogP contribution in [0.15, 0.2) is 59.9 Å². The SMILES string of the molecule is CCCc1ncc(-c2ccncc2)c([C@H]2CCCN2S(=O)(=O)c2ccc(F)cc2)n1. The first kappa shape index (κ1) is 20.6. The molecule has 0 radical (unpaired) electrons. The Morgan fingerprint density at radius 3 is 2.57 bits per heavy atom. The summed E-state index contributed by atoms with van der Waals surface area (Å²) in [5.74, 6) is 0.239.